The van der Waals surface area contributed by atoms with Gasteiger partial charge in [-0.3, -0.25) is 4.79 Å². The fraction of sp³-hybridized carbons (Fsp3) is 0.182. The fourth-order valence-electron chi connectivity index (χ4n) is 1.35. The molecule has 18 heavy (non-hydrogen) atoms. The van der Waals surface area contributed by atoms with Gasteiger partial charge in [-0.25, -0.2) is 0 Å². The summed E-state index contributed by atoms with van der Waals surface area (Å²) in [5, 5.41) is 11.4. The normalized spacial score (nSPS) is 10.3. The summed E-state index contributed by atoms with van der Waals surface area (Å²) >= 11 is 9.89. The highest BCUT2D eigenvalue weighted by Gasteiger charge is 2.10. The van der Waals surface area contributed by atoms with Crippen LogP contribution in [0.1, 0.15) is 10.5 Å². The number of halogens is 1. The number of carbonyl (C=O) groups is 1. The van der Waals surface area contributed by atoms with Crippen molar-refractivity contribution in [2.24, 2.45) is 0 Å². The van der Waals surface area contributed by atoms with Gasteiger partial charge < -0.3 is 5.32 Å². The monoisotopic (exact) mass is 282 g/mol. The molecule has 7 heteroatoms. The van der Waals surface area contributed by atoms with E-state index in [-0.39, 0.29) is 11.6 Å². The number of hydrogen-bond donors (Lipinski definition) is 2. The summed E-state index contributed by atoms with van der Waals surface area (Å²) in [6, 6.07) is 7.08. The molecule has 0 aliphatic carbocycles. The van der Waals surface area contributed by atoms with Gasteiger partial charge in [-0.2, -0.15) is 22.5 Å². The zero-order chi connectivity index (χ0) is 13.0. The summed E-state index contributed by atoms with van der Waals surface area (Å²) in [5.74, 6) is 0.311. The highest BCUT2D eigenvalue weighted by atomic mass is 35.5. The first-order chi connectivity index (χ1) is 8.70. The second-order valence-electron chi connectivity index (χ2n) is 3.48. The summed E-state index contributed by atoms with van der Waals surface area (Å²) in [5.41, 5.74) is 0.965. The van der Waals surface area contributed by atoms with Crippen molar-refractivity contribution in [3.63, 3.8) is 0 Å². The van der Waals surface area contributed by atoms with Crippen LogP contribution in [0.2, 0.25) is 5.02 Å². The van der Waals surface area contributed by atoms with E-state index in [9.17, 15) is 4.79 Å². The summed E-state index contributed by atoms with van der Waals surface area (Å²) in [7, 11) is 0. The molecule has 0 saturated heterocycles. The molecule has 1 N–H and O–H groups in total. The van der Waals surface area contributed by atoms with E-state index >= 15 is 0 Å². The lowest BCUT2D eigenvalue weighted by atomic mass is 10.3. The number of benzene rings is 1. The molecule has 0 radical (unpaired) electrons. The smallest absolute Gasteiger partial charge is 0.273 e. The number of aromatic nitrogens is 3. The number of nitrogens with one attached hydrogen (secondary N) is 1. The number of hydrogen-bond acceptors (Lipinski definition) is 4. The molecule has 1 amide bonds. The Balaban J connectivity index is 2.17. The van der Waals surface area contributed by atoms with Crippen molar-refractivity contribution in [1.82, 2.24) is 20.3 Å². The molecule has 2 aromatic rings. The second-order valence-corrected chi connectivity index (χ2v) is 4.36. The number of rotatable bonds is 4. The lowest BCUT2D eigenvalue weighted by molar-refractivity contribution is 0.0951. The first-order valence-electron chi connectivity index (χ1n) is 5.28. The molecule has 0 unspecified atom stereocenters. The lowest BCUT2D eigenvalue weighted by Gasteiger charge is -2.00. The van der Waals surface area contributed by atoms with Crippen LogP contribution in [0, 0.1) is 0 Å². The minimum absolute atomic E-state index is 0.261. The molecule has 0 aliphatic rings. The minimum Gasteiger partial charge on any atom is -0.350 e. The number of thiol groups is 1. The highest BCUT2D eigenvalue weighted by molar-refractivity contribution is 7.80. The van der Waals surface area contributed by atoms with Gasteiger partial charge in [-0.15, -0.1) is 5.10 Å². The van der Waals surface area contributed by atoms with Crippen molar-refractivity contribution in [3.05, 3.63) is 41.2 Å². The third kappa shape index (κ3) is 3.02. The molecular weight excluding hydrogens is 272 g/mol. The van der Waals surface area contributed by atoms with Crippen LogP contribution in [-0.4, -0.2) is 33.2 Å². The topological polar surface area (TPSA) is 59.8 Å². The fourth-order valence-corrected chi connectivity index (χ4v) is 1.65. The molecule has 0 fully saturated rings. The minimum atomic E-state index is -0.266. The van der Waals surface area contributed by atoms with E-state index in [0.29, 0.717) is 23.0 Å². The van der Waals surface area contributed by atoms with Crippen LogP contribution in [0.3, 0.4) is 0 Å². The van der Waals surface area contributed by atoms with Crippen LogP contribution in [0.15, 0.2) is 30.5 Å². The number of amides is 1. The Morgan fingerprint density at radius 2 is 2.33 bits per heavy atom. The molecule has 1 aromatic heterocycles. The summed E-state index contributed by atoms with van der Waals surface area (Å²) < 4.78 is 0. The van der Waals surface area contributed by atoms with E-state index in [4.69, 9.17) is 11.6 Å². The van der Waals surface area contributed by atoms with Crippen molar-refractivity contribution < 1.29 is 4.79 Å². The molecule has 1 heterocycles. The van der Waals surface area contributed by atoms with Gasteiger partial charge in [0, 0.05) is 17.3 Å². The molecular formula is C11H11ClN4OS. The van der Waals surface area contributed by atoms with Crippen LogP contribution in [0.5, 0.6) is 0 Å². The van der Waals surface area contributed by atoms with Gasteiger partial charge in [0.25, 0.3) is 5.91 Å². The summed E-state index contributed by atoms with van der Waals surface area (Å²) in [6.07, 6.45) is 1.41. The second kappa shape index (κ2) is 5.88. The average molecular weight is 283 g/mol. The Morgan fingerprint density at radius 1 is 1.50 bits per heavy atom. The predicted octanol–water partition coefficient (Wildman–Crippen LogP) is 1.58. The molecule has 5 nitrogen and oxygen atoms in total. The number of nitrogens with zero attached hydrogens (tertiary/aromatic N) is 3. The van der Waals surface area contributed by atoms with Gasteiger partial charge in [0.2, 0.25) is 0 Å². The van der Waals surface area contributed by atoms with Crippen molar-refractivity contribution in [1.29, 1.82) is 0 Å². The van der Waals surface area contributed by atoms with Crippen molar-refractivity contribution in [3.8, 4) is 5.69 Å². The first kappa shape index (κ1) is 12.9. The highest BCUT2D eigenvalue weighted by Crippen LogP contribution is 2.13. The molecule has 0 spiro atoms. The van der Waals surface area contributed by atoms with Crippen LogP contribution in [-0.2, 0) is 0 Å². The maximum Gasteiger partial charge on any atom is 0.273 e. The van der Waals surface area contributed by atoms with Crippen molar-refractivity contribution >= 4 is 30.1 Å². The maximum absolute atomic E-state index is 11.6. The van der Waals surface area contributed by atoms with Gasteiger partial charge in [-0.1, -0.05) is 17.7 Å². The quantitative estimate of drug-likeness (QED) is 0.837. The third-order valence-electron chi connectivity index (χ3n) is 2.16. The zero-order valence-corrected chi connectivity index (χ0v) is 11.0. The Bertz CT molecular complexity index is 557. The van der Waals surface area contributed by atoms with Gasteiger partial charge >= 0.3 is 0 Å². The maximum atomic E-state index is 11.6. The number of carbonyl (C=O) groups excluding carboxylic acids is 1. The van der Waals surface area contributed by atoms with E-state index in [2.05, 4.69) is 28.1 Å². The molecule has 94 valence electrons. The lowest BCUT2D eigenvalue weighted by Crippen LogP contribution is -2.25. The van der Waals surface area contributed by atoms with Crippen LogP contribution >= 0.6 is 24.2 Å². The molecule has 0 bridgehead atoms. The van der Waals surface area contributed by atoms with Crippen LogP contribution in [0.25, 0.3) is 5.69 Å². The first-order valence-corrected chi connectivity index (χ1v) is 6.29. The van der Waals surface area contributed by atoms with Gasteiger partial charge in [0.1, 0.15) is 0 Å². The van der Waals surface area contributed by atoms with E-state index in [1.54, 1.807) is 24.3 Å². The Labute approximate surface area is 115 Å². The molecule has 0 saturated carbocycles. The molecule has 0 aliphatic heterocycles. The largest absolute Gasteiger partial charge is 0.350 e. The third-order valence-corrected chi connectivity index (χ3v) is 2.62. The van der Waals surface area contributed by atoms with Gasteiger partial charge in [0.15, 0.2) is 5.69 Å². The zero-order valence-electron chi connectivity index (χ0n) is 9.38. The Hall–Kier alpha value is -1.53. The van der Waals surface area contributed by atoms with Crippen molar-refractivity contribution in [2.45, 2.75) is 0 Å². The molecule has 1 aromatic carbocycles. The van der Waals surface area contributed by atoms with Gasteiger partial charge in [-0.05, 0) is 18.2 Å². The molecule has 0 atom stereocenters. The molecule has 2 rings (SSSR count). The van der Waals surface area contributed by atoms with Crippen LogP contribution < -0.4 is 5.32 Å². The average Bonchev–Trinajstić information content (AvgIpc) is 2.85. The van der Waals surface area contributed by atoms with E-state index in [0.717, 1.165) is 0 Å². The standard InChI is InChI=1S/C11H11ClN4OS/c12-8-2-1-3-9(6-8)16-14-7-10(15-16)11(17)13-4-5-18/h1-3,6-7,18H,4-5H2,(H,13,17). The van der Waals surface area contributed by atoms with Crippen LogP contribution in [0.4, 0.5) is 0 Å². The SMILES string of the molecule is O=C(NCCS)c1cnn(-c2cccc(Cl)c2)n1. The van der Waals surface area contributed by atoms with Crippen molar-refractivity contribution in [2.75, 3.05) is 12.3 Å². The Kier molecular flexibility index (Phi) is 4.22. The Morgan fingerprint density at radius 3 is 3.06 bits per heavy atom. The van der Waals surface area contributed by atoms with Gasteiger partial charge in [0.05, 0.1) is 11.9 Å². The van der Waals surface area contributed by atoms with E-state index < -0.39 is 0 Å². The predicted molar refractivity (Wildman–Crippen MR) is 72.6 cm³/mol. The van der Waals surface area contributed by atoms with E-state index in [1.165, 1.54) is 11.0 Å². The van der Waals surface area contributed by atoms with E-state index in [1.807, 2.05) is 0 Å². The summed E-state index contributed by atoms with van der Waals surface area (Å²) in [4.78, 5) is 13.0. The summed E-state index contributed by atoms with van der Waals surface area (Å²) in [6.45, 7) is 0.492.